The van der Waals surface area contributed by atoms with Gasteiger partial charge in [0.05, 0.1) is 19.2 Å². The molecule has 1 N–H and O–H groups in total. The summed E-state index contributed by atoms with van der Waals surface area (Å²) < 4.78 is 23.6. The van der Waals surface area contributed by atoms with Gasteiger partial charge in [0.25, 0.3) is 0 Å². The van der Waals surface area contributed by atoms with Crippen LogP contribution in [0.5, 0.6) is 11.5 Å². The minimum atomic E-state index is -0.580. The Labute approximate surface area is 92.4 Å². The molecule has 84 valence electrons. The molecule has 0 amide bonds. The van der Waals surface area contributed by atoms with E-state index >= 15 is 0 Å². The highest BCUT2D eigenvalue weighted by Gasteiger charge is 2.18. The van der Waals surface area contributed by atoms with Crippen LogP contribution in [-0.4, -0.2) is 25.9 Å². The van der Waals surface area contributed by atoms with Crippen molar-refractivity contribution < 1.29 is 19.0 Å². The van der Waals surface area contributed by atoms with Crippen LogP contribution < -0.4 is 9.47 Å². The molecule has 0 unspecified atom stereocenters. The van der Waals surface area contributed by atoms with Crippen molar-refractivity contribution in [2.45, 2.75) is 6.42 Å². The maximum atomic E-state index is 13.6. The van der Waals surface area contributed by atoms with E-state index in [4.69, 9.17) is 26.2 Å². The fourth-order valence-corrected chi connectivity index (χ4v) is 1.56. The van der Waals surface area contributed by atoms with Crippen LogP contribution in [0.25, 0.3) is 0 Å². The highest BCUT2D eigenvalue weighted by Crippen LogP contribution is 2.37. The predicted octanol–water partition coefficient (Wildman–Crippen LogP) is 2.03. The van der Waals surface area contributed by atoms with Gasteiger partial charge in [0, 0.05) is 24.7 Å². The van der Waals surface area contributed by atoms with Gasteiger partial charge in [-0.15, -0.1) is 0 Å². The molecule has 0 aliphatic carbocycles. The van der Waals surface area contributed by atoms with Crippen LogP contribution in [0.15, 0.2) is 6.07 Å². The second-order valence-corrected chi connectivity index (χ2v) is 3.27. The zero-order chi connectivity index (χ0) is 11.4. The summed E-state index contributed by atoms with van der Waals surface area (Å²) in [6, 6.07) is 1.34. The van der Waals surface area contributed by atoms with Crippen LogP contribution in [0.3, 0.4) is 0 Å². The average Bonchev–Trinajstić information content (AvgIpc) is 2.24. The van der Waals surface area contributed by atoms with Gasteiger partial charge in [0.2, 0.25) is 0 Å². The molecule has 0 atom stereocenters. The zero-order valence-corrected chi connectivity index (χ0v) is 9.27. The van der Waals surface area contributed by atoms with Gasteiger partial charge in [0.1, 0.15) is 5.82 Å². The maximum absolute atomic E-state index is 13.6. The Bertz CT molecular complexity index is 355. The van der Waals surface area contributed by atoms with Crippen LogP contribution >= 0.6 is 11.6 Å². The Kier molecular flexibility index (Phi) is 4.17. The quantitative estimate of drug-likeness (QED) is 0.867. The van der Waals surface area contributed by atoms with Crippen molar-refractivity contribution in [2.75, 3.05) is 20.8 Å². The Morgan fingerprint density at radius 1 is 1.40 bits per heavy atom. The van der Waals surface area contributed by atoms with Crippen LogP contribution in [0, 0.1) is 5.82 Å². The lowest BCUT2D eigenvalue weighted by Gasteiger charge is -2.13. The predicted molar refractivity (Wildman–Crippen MR) is 55.3 cm³/mol. The number of benzene rings is 1. The van der Waals surface area contributed by atoms with Crippen LogP contribution in [0.2, 0.25) is 5.02 Å². The Hall–Kier alpha value is -1.00. The molecule has 1 aromatic rings. The first-order chi connectivity index (χ1) is 7.15. The molecule has 5 heteroatoms. The Morgan fingerprint density at radius 2 is 2.07 bits per heavy atom. The number of hydrogen-bond donors (Lipinski definition) is 1. The summed E-state index contributed by atoms with van der Waals surface area (Å²) in [4.78, 5) is 0. The first-order valence-electron chi connectivity index (χ1n) is 4.35. The van der Waals surface area contributed by atoms with Gasteiger partial charge < -0.3 is 14.6 Å². The van der Waals surface area contributed by atoms with Gasteiger partial charge >= 0.3 is 0 Å². The van der Waals surface area contributed by atoms with Gasteiger partial charge in [-0.25, -0.2) is 4.39 Å². The van der Waals surface area contributed by atoms with E-state index < -0.39 is 5.82 Å². The van der Waals surface area contributed by atoms with E-state index in [2.05, 4.69) is 0 Å². The molecule has 1 rings (SSSR count). The number of rotatable bonds is 4. The molecule has 0 spiro atoms. The van der Waals surface area contributed by atoms with Crippen molar-refractivity contribution in [3.05, 3.63) is 22.5 Å². The maximum Gasteiger partial charge on any atom is 0.167 e. The molecule has 0 aliphatic rings. The summed E-state index contributed by atoms with van der Waals surface area (Å²) >= 11 is 5.67. The van der Waals surface area contributed by atoms with E-state index in [-0.39, 0.29) is 29.4 Å². The largest absolute Gasteiger partial charge is 0.493 e. The van der Waals surface area contributed by atoms with Crippen LogP contribution in [-0.2, 0) is 6.42 Å². The summed E-state index contributed by atoms with van der Waals surface area (Å²) in [5, 5.41) is 8.77. The minimum absolute atomic E-state index is 0.0453. The molecule has 0 heterocycles. The van der Waals surface area contributed by atoms with Gasteiger partial charge in [-0.1, -0.05) is 11.6 Å². The van der Waals surface area contributed by atoms with Crippen molar-refractivity contribution in [3.8, 4) is 11.5 Å². The van der Waals surface area contributed by atoms with Crippen molar-refractivity contribution >= 4 is 11.6 Å². The van der Waals surface area contributed by atoms with Gasteiger partial charge in [-0.05, 0) is 0 Å². The Morgan fingerprint density at radius 3 is 2.53 bits per heavy atom. The van der Waals surface area contributed by atoms with Gasteiger partial charge in [-0.2, -0.15) is 0 Å². The summed E-state index contributed by atoms with van der Waals surface area (Å²) in [5.74, 6) is 0.0455. The lowest BCUT2D eigenvalue weighted by Crippen LogP contribution is -2.02. The lowest BCUT2D eigenvalue weighted by atomic mass is 10.1. The van der Waals surface area contributed by atoms with E-state index in [0.29, 0.717) is 5.75 Å². The lowest BCUT2D eigenvalue weighted by molar-refractivity contribution is 0.291. The third-order valence-electron chi connectivity index (χ3n) is 2.02. The zero-order valence-electron chi connectivity index (χ0n) is 8.51. The molecule has 0 fully saturated rings. The second kappa shape index (κ2) is 5.19. The standard InChI is InChI=1S/C10H12ClFO3/c1-14-8-5-7(11)9(12)6(3-4-13)10(8)15-2/h5,13H,3-4H2,1-2H3. The van der Waals surface area contributed by atoms with Crippen molar-refractivity contribution in [1.29, 1.82) is 0 Å². The van der Waals surface area contributed by atoms with Crippen molar-refractivity contribution in [1.82, 2.24) is 0 Å². The van der Waals surface area contributed by atoms with E-state index in [9.17, 15) is 4.39 Å². The number of ether oxygens (including phenoxy) is 2. The summed E-state index contributed by atoms with van der Waals surface area (Å²) in [6.07, 6.45) is 0.131. The topological polar surface area (TPSA) is 38.7 Å². The molecule has 0 radical (unpaired) electrons. The third-order valence-corrected chi connectivity index (χ3v) is 2.29. The molecule has 0 aliphatic heterocycles. The highest BCUT2D eigenvalue weighted by molar-refractivity contribution is 6.31. The van der Waals surface area contributed by atoms with Crippen LogP contribution in [0.1, 0.15) is 5.56 Å². The molecule has 0 aromatic heterocycles. The number of aliphatic hydroxyl groups excluding tert-OH is 1. The number of hydrogen-bond acceptors (Lipinski definition) is 3. The smallest absolute Gasteiger partial charge is 0.167 e. The first kappa shape index (κ1) is 12.1. The summed E-state index contributed by atoms with van der Waals surface area (Å²) in [7, 11) is 2.85. The fourth-order valence-electron chi connectivity index (χ4n) is 1.35. The molecule has 0 saturated carbocycles. The van der Waals surface area contributed by atoms with E-state index in [1.54, 1.807) is 0 Å². The molecule has 15 heavy (non-hydrogen) atoms. The molecular formula is C10H12ClFO3. The number of aliphatic hydroxyl groups is 1. The first-order valence-corrected chi connectivity index (χ1v) is 4.73. The summed E-state index contributed by atoms with van der Waals surface area (Å²) in [5.41, 5.74) is 0.226. The van der Waals surface area contributed by atoms with E-state index in [0.717, 1.165) is 0 Å². The monoisotopic (exact) mass is 234 g/mol. The average molecular weight is 235 g/mol. The van der Waals surface area contributed by atoms with E-state index in [1.165, 1.54) is 20.3 Å². The molecule has 0 bridgehead atoms. The normalized spacial score (nSPS) is 10.2. The summed E-state index contributed by atoms with van der Waals surface area (Å²) in [6.45, 7) is -0.184. The van der Waals surface area contributed by atoms with Gasteiger partial charge in [-0.3, -0.25) is 0 Å². The van der Waals surface area contributed by atoms with E-state index in [1.807, 2.05) is 0 Å². The fraction of sp³-hybridized carbons (Fsp3) is 0.400. The number of halogens is 2. The molecular weight excluding hydrogens is 223 g/mol. The molecule has 3 nitrogen and oxygen atoms in total. The minimum Gasteiger partial charge on any atom is -0.493 e. The Balaban J connectivity index is 3.35. The van der Waals surface area contributed by atoms with Crippen molar-refractivity contribution in [2.24, 2.45) is 0 Å². The van der Waals surface area contributed by atoms with Crippen LogP contribution in [0.4, 0.5) is 4.39 Å². The number of methoxy groups -OCH3 is 2. The SMILES string of the molecule is COc1cc(Cl)c(F)c(CCO)c1OC. The second-order valence-electron chi connectivity index (χ2n) is 2.86. The molecule has 1 aromatic carbocycles. The van der Waals surface area contributed by atoms with Gasteiger partial charge in [0.15, 0.2) is 11.5 Å². The molecule has 0 saturated heterocycles. The highest BCUT2D eigenvalue weighted by atomic mass is 35.5. The third kappa shape index (κ3) is 2.33. The van der Waals surface area contributed by atoms with Crippen molar-refractivity contribution in [3.63, 3.8) is 0 Å².